The SMILES string of the molecule is CCNC(=NCC1CCN(CC)C1)N(C)Cc1ccccc1C. The zero-order valence-corrected chi connectivity index (χ0v) is 15.2. The molecule has 0 spiro atoms. The van der Waals surface area contributed by atoms with E-state index in [1.54, 1.807) is 0 Å². The van der Waals surface area contributed by atoms with Crippen LogP contribution in [0.1, 0.15) is 31.4 Å². The van der Waals surface area contributed by atoms with Crippen molar-refractivity contribution >= 4 is 5.96 Å². The molecule has 1 aliphatic rings. The molecule has 23 heavy (non-hydrogen) atoms. The van der Waals surface area contributed by atoms with Gasteiger partial charge in [-0.15, -0.1) is 0 Å². The van der Waals surface area contributed by atoms with Gasteiger partial charge in [0.1, 0.15) is 0 Å². The molecule has 0 aromatic heterocycles. The van der Waals surface area contributed by atoms with Crippen LogP contribution in [0, 0.1) is 12.8 Å². The predicted octanol–water partition coefficient (Wildman–Crippen LogP) is 2.73. The number of guanidine groups is 1. The van der Waals surface area contributed by atoms with Gasteiger partial charge in [-0.1, -0.05) is 31.2 Å². The van der Waals surface area contributed by atoms with Gasteiger partial charge in [-0.05, 0) is 50.4 Å². The molecule has 0 radical (unpaired) electrons. The van der Waals surface area contributed by atoms with Gasteiger partial charge in [-0.3, -0.25) is 4.99 Å². The highest BCUT2D eigenvalue weighted by Gasteiger charge is 2.21. The monoisotopic (exact) mass is 316 g/mol. The summed E-state index contributed by atoms with van der Waals surface area (Å²) in [5, 5.41) is 3.43. The topological polar surface area (TPSA) is 30.9 Å². The molecule has 1 saturated heterocycles. The lowest BCUT2D eigenvalue weighted by molar-refractivity contribution is 0.343. The number of rotatable bonds is 6. The van der Waals surface area contributed by atoms with Crippen LogP contribution < -0.4 is 5.32 Å². The summed E-state index contributed by atoms with van der Waals surface area (Å²) in [6, 6.07) is 8.58. The van der Waals surface area contributed by atoms with Gasteiger partial charge in [0.05, 0.1) is 0 Å². The number of hydrogen-bond acceptors (Lipinski definition) is 2. The molecule has 4 nitrogen and oxygen atoms in total. The fraction of sp³-hybridized carbons (Fsp3) is 0.632. The Bertz CT molecular complexity index is 512. The highest BCUT2D eigenvalue weighted by atomic mass is 15.3. The van der Waals surface area contributed by atoms with E-state index in [9.17, 15) is 0 Å². The van der Waals surface area contributed by atoms with Crippen LogP contribution in [0.4, 0.5) is 0 Å². The molecule has 0 aliphatic carbocycles. The van der Waals surface area contributed by atoms with Crippen molar-refractivity contribution in [1.82, 2.24) is 15.1 Å². The van der Waals surface area contributed by atoms with E-state index in [0.29, 0.717) is 5.92 Å². The predicted molar refractivity (Wildman–Crippen MR) is 98.8 cm³/mol. The van der Waals surface area contributed by atoms with Crippen molar-refractivity contribution < 1.29 is 0 Å². The second-order valence-electron chi connectivity index (χ2n) is 6.53. The number of nitrogens with zero attached hydrogens (tertiary/aromatic N) is 3. The fourth-order valence-electron chi connectivity index (χ4n) is 3.15. The third kappa shape index (κ3) is 5.24. The molecule has 0 saturated carbocycles. The van der Waals surface area contributed by atoms with Crippen molar-refractivity contribution in [3.63, 3.8) is 0 Å². The Balaban J connectivity index is 1.96. The molecule has 2 rings (SSSR count). The van der Waals surface area contributed by atoms with Crippen LogP contribution in [-0.2, 0) is 6.54 Å². The van der Waals surface area contributed by atoms with Gasteiger partial charge in [0.2, 0.25) is 0 Å². The summed E-state index contributed by atoms with van der Waals surface area (Å²) < 4.78 is 0. The fourth-order valence-corrected chi connectivity index (χ4v) is 3.15. The maximum Gasteiger partial charge on any atom is 0.193 e. The molecular formula is C19H32N4. The van der Waals surface area contributed by atoms with Crippen LogP contribution in [0.15, 0.2) is 29.3 Å². The minimum Gasteiger partial charge on any atom is -0.357 e. The third-order valence-electron chi connectivity index (χ3n) is 4.68. The Morgan fingerprint density at radius 2 is 2.13 bits per heavy atom. The van der Waals surface area contributed by atoms with Crippen LogP contribution in [0.2, 0.25) is 0 Å². The van der Waals surface area contributed by atoms with E-state index in [-0.39, 0.29) is 0 Å². The van der Waals surface area contributed by atoms with Crippen LogP contribution in [0.3, 0.4) is 0 Å². The molecular weight excluding hydrogens is 284 g/mol. The van der Waals surface area contributed by atoms with Gasteiger partial charge in [-0.25, -0.2) is 0 Å². The number of likely N-dealkylation sites (tertiary alicyclic amines) is 1. The van der Waals surface area contributed by atoms with Gasteiger partial charge >= 0.3 is 0 Å². The molecule has 1 unspecified atom stereocenters. The second kappa shape index (κ2) is 8.92. The number of aryl methyl sites for hydroxylation is 1. The zero-order chi connectivity index (χ0) is 16.7. The minimum absolute atomic E-state index is 0.704. The first kappa shape index (κ1) is 17.8. The van der Waals surface area contributed by atoms with E-state index in [0.717, 1.165) is 32.1 Å². The van der Waals surface area contributed by atoms with Crippen LogP contribution in [0.5, 0.6) is 0 Å². The molecule has 1 atom stereocenters. The normalized spacial score (nSPS) is 19.1. The minimum atomic E-state index is 0.704. The van der Waals surface area contributed by atoms with E-state index in [4.69, 9.17) is 4.99 Å². The first-order chi connectivity index (χ1) is 11.1. The Labute approximate surface area is 141 Å². The number of hydrogen-bond donors (Lipinski definition) is 1. The first-order valence-corrected chi connectivity index (χ1v) is 8.90. The van der Waals surface area contributed by atoms with E-state index >= 15 is 0 Å². The van der Waals surface area contributed by atoms with Crippen molar-refractivity contribution in [2.24, 2.45) is 10.9 Å². The Kier molecular flexibility index (Phi) is 6.90. The van der Waals surface area contributed by atoms with Crippen LogP contribution in [-0.4, -0.2) is 55.5 Å². The maximum atomic E-state index is 4.89. The number of aliphatic imine (C=N–C) groups is 1. The quantitative estimate of drug-likeness (QED) is 0.647. The van der Waals surface area contributed by atoms with Crippen molar-refractivity contribution in [2.75, 3.05) is 39.8 Å². The largest absolute Gasteiger partial charge is 0.357 e. The zero-order valence-electron chi connectivity index (χ0n) is 15.2. The Hall–Kier alpha value is -1.55. The average molecular weight is 316 g/mol. The summed E-state index contributed by atoms with van der Waals surface area (Å²) in [6.07, 6.45) is 1.28. The molecule has 0 bridgehead atoms. The molecule has 128 valence electrons. The standard InChI is InChI=1S/C19H32N4/c1-5-20-19(21-13-17-11-12-23(6-2)14-17)22(4)15-18-10-8-7-9-16(18)3/h7-10,17H,5-6,11-15H2,1-4H3,(H,20,21). The molecule has 1 fully saturated rings. The van der Waals surface area contributed by atoms with Gasteiger partial charge in [0, 0.05) is 33.2 Å². The van der Waals surface area contributed by atoms with Crippen molar-refractivity contribution in [2.45, 2.75) is 33.7 Å². The van der Waals surface area contributed by atoms with Crippen molar-refractivity contribution in [3.05, 3.63) is 35.4 Å². The van der Waals surface area contributed by atoms with Crippen molar-refractivity contribution in [3.8, 4) is 0 Å². The van der Waals surface area contributed by atoms with E-state index in [1.165, 1.54) is 30.6 Å². The molecule has 1 aromatic rings. The number of nitrogens with one attached hydrogen (secondary N) is 1. The number of benzene rings is 1. The van der Waals surface area contributed by atoms with Crippen LogP contribution in [0.25, 0.3) is 0 Å². The molecule has 1 N–H and O–H groups in total. The molecule has 4 heteroatoms. The van der Waals surface area contributed by atoms with Gasteiger partial charge in [0.25, 0.3) is 0 Å². The molecule has 1 aliphatic heterocycles. The van der Waals surface area contributed by atoms with Gasteiger partial charge in [-0.2, -0.15) is 0 Å². The Morgan fingerprint density at radius 1 is 1.35 bits per heavy atom. The lowest BCUT2D eigenvalue weighted by Gasteiger charge is -2.23. The molecule has 0 amide bonds. The second-order valence-corrected chi connectivity index (χ2v) is 6.53. The summed E-state index contributed by atoms with van der Waals surface area (Å²) >= 11 is 0. The highest BCUT2D eigenvalue weighted by Crippen LogP contribution is 2.16. The molecule has 1 aromatic carbocycles. The van der Waals surface area contributed by atoms with Crippen LogP contribution >= 0.6 is 0 Å². The smallest absolute Gasteiger partial charge is 0.193 e. The van der Waals surface area contributed by atoms with Gasteiger partial charge < -0.3 is 15.1 Å². The average Bonchev–Trinajstić information content (AvgIpc) is 3.01. The summed E-state index contributed by atoms with van der Waals surface area (Å²) in [5.74, 6) is 1.72. The summed E-state index contributed by atoms with van der Waals surface area (Å²) in [4.78, 5) is 9.65. The lowest BCUT2D eigenvalue weighted by Crippen LogP contribution is -2.39. The van der Waals surface area contributed by atoms with E-state index < -0.39 is 0 Å². The molecule has 1 heterocycles. The summed E-state index contributed by atoms with van der Waals surface area (Å²) in [5.41, 5.74) is 2.70. The van der Waals surface area contributed by atoms with Crippen molar-refractivity contribution in [1.29, 1.82) is 0 Å². The van der Waals surface area contributed by atoms with E-state index in [1.807, 2.05) is 0 Å². The Morgan fingerprint density at radius 3 is 2.78 bits per heavy atom. The van der Waals surface area contributed by atoms with Gasteiger partial charge in [0.15, 0.2) is 5.96 Å². The van der Waals surface area contributed by atoms with E-state index in [2.05, 4.69) is 67.2 Å². The maximum absolute atomic E-state index is 4.89. The summed E-state index contributed by atoms with van der Waals surface area (Å²) in [7, 11) is 2.13. The highest BCUT2D eigenvalue weighted by molar-refractivity contribution is 5.79. The first-order valence-electron chi connectivity index (χ1n) is 8.90. The lowest BCUT2D eigenvalue weighted by atomic mass is 10.1. The third-order valence-corrected chi connectivity index (χ3v) is 4.68. The summed E-state index contributed by atoms with van der Waals surface area (Å²) in [6.45, 7) is 12.9.